The topological polar surface area (TPSA) is 66.0 Å². The van der Waals surface area contributed by atoms with Gasteiger partial charge in [0.25, 0.3) is 0 Å². The van der Waals surface area contributed by atoms with Crippen LogP contribution in [0.1, 0.15) is 45.1 Å². The first-order chi connectivity index (χ1) is 12.7. The summed E-state index contributed by atoms with van der Waals surface area (Å²) in [6.07, 6.45) is 4.43. The highest BCUT2D eigenvalue weighted by Crippen LogP contribution is 2.37. The monoisotopic (exact) mass is 373 g/mol. The summed E-state index contributed by atoms with van der Waals surface area (Å²) in [5.74, 6) is 1.86. The van der Waals surface area contributed by atoms with Gasteiger partial charge in [-0.1, -0.05) is 56.1 Å². The Morgan fingerprint density at radius 2 is 1.50 bits per heavy atom. The van der Waals surface area contributed by atoms with Crippen LogP contribution in [0, 0.1) is 12.3 Å². The first-order valence-corrected chi connectivity index (χ1v) is 9.91. The van der Waals surface area contributed by atoms with Crippen molar-refractivity contribution in [1.82, 2.24) is 0 Å². The number of hydrogen-bond acceptors (Lipinski definition) is 4. The Morgan fingerprint density at radius 1 is 0.885 bits per heavy atom. The zero-order chi connectivity index (χ0) is 19.2. The molecule has 0 saturated heterocycles. The van der Waals surface area contributed by atoms with Crippen LogP contribution in [-0.2, 0) is 0 Å². The standard InChI is InChI=1S/C21H28O2S.N2/c1-4-6-14-22-18-10-13-20(23-15-7-5-2)21(16-18)24-19-11-8-17(3)9-12-19;1-2/h8-13,16H,4-7,14-15H2,1-3H3;/p+1. The molecule has 0 aliphatic rings. The van der Waals surface area contributed by atoms with Crippen LogP contribution in [0.4, 0.5) is 0 Å². The third kappa shape index (κ3) is 7.79. The van der Waals surface area contributed by atoms with E-state index in [4.69, 9.17) is 20.3 Å². The summed E-state index contributed by atoms with van der Waals surface area (Å²) in [5.41, 5.74) is 1.27. The Bertz CT molecular complexity index is 657. The number of benzene rings is 2. The van der Waals surface area contributed by atoms with E-state index >= 15 is 0 Å². The highest BCUT2D eigenvalue weighted by atomic mass is 32.2. The van der Waals surface area contributed by atoms with Crippen molar-refractivity contribution < 1.29 is 14.9 Å². The molecule has 0 aliphatic carbocycles. The molecule has 26 heavy (non-hydrogen) atoms. The van der Waals surface area contributed by atoms with Gasteiger partial charge in [0.05, 0.1) is 23.5 Å². The van der Waals surface area contributed by atoms with Crippen LogP contribution in [0.25, 0.3) is 0 Å². The van der Waals surface area contributed by atoms with Crippen LogP contribution in [-0.4, -0.2) is 13.2 Å². The van der Waals surface area contributed by atoms with Gasteiger partial charge in [-0.05, 0) is 50.1 Å². The highest BCUT2D eigenvalue weighted by Gasteiger charge is 2.09. The summed E-state index contributed by atoms with van der Waals surface area (Å²) in [6.45, 7) is 7.98. The zero-order valence-corrected chi connectivity index (χ0v) is 16.8. The van der Waals surface area contributed by atoms with E-state index in [1.807, 2.05) is 12.1 Å². The predicted octanol–water partition coefficient (Wildman–Crippen LogP) is 4.78. The van der Waals surface area contributed by atoms with Crippen molar-refractivity contribution in [3.8, 4) is 11.5 Å². The van der Waals surface area contributed by atoms with Gasteiger partial charge >= 0.3 is 0 Å². The third-order valence-corrected chi connectivity index (χ3v) is 4.73. The second kappa shape index (κ2) is 13.1. The molecule has 0 bridgehead atoms. The largest absolute Gasteiger partial charge is 0.494 e. The molecule has 0 radical (unpaired) electrons. The molecule has 0 spiro atoms. The minimum absolute atomic E-state index is 0.758. The van der Waals surface area contributed by atoms with Gasteiger partial charge in [0.15, 0.2) is 0 Å². The van der Waals surface area contributed by atoms with Crippen molar-refractivity contribution in [1.29, 1.82) is 5.39 Å². The number of unbranched alkanes of at least 4 members (excludes halogenated alkanes) is 2. The van der Waals surface area contributed by atoms with Gasteiger partial charge in [0.2, 0.25) is 5.39 Å². The normalized spacial score (nSPS) is 9.88. The van der Waals surface area contributed by atoms with Crippen LogP contribution in [0.2, 0.25) is 0 Å². The van der Waals surface area contributed by atoms with Gasteiger partial charge in [-0.15, -0.1) is 0 Å². The molecular formula is C21H29N2O2S+. The van der Waals surface area contributed by atoms with Crippen LogP contribution in [0.15, 0.2) is 52.3 Å². The lowest BCUT2D eigenvalue weighted by atomic mass is 10.2. The van der Waals surface area contributed by atoms with Crippen LogP contribution in [0.5, 0.6) is 11.5 Å². The van der Waals surface area contributed by atoms with Crippen LogP contribution < -0.4 is 14.9 Å². The van der Waals surface area contributed by atoms with Crippen molar-refractivity contribution in [2.24, 2.45) is 0 Å². The molecule has 0 saturated carbocycles. The molecule has 4 nitrogen and oxygen atoms in total. The molecule has 0 amide bonds. The Balaban J connectivity index is 0.00000163. The Labute approximate surface area is 161 Å². The molecule has 140 valence electrons. The smallest absolute Gasteiger partial charge is 0.212 e. The molecule has 0 aromatic heterocycles. The number of nitrogens with zero attached hydrogens (tertiary/aromatic N) is 1. The quantitative estimate of drug-likeness (QED) is 0.480. The van der Waals surface area contributed by atoms with Crippen molar-refractivity contribution in [2.45, 2.75) is 56.2 Å². The fourth-order valence-corrected chi connectivity index (χ4v) is 3.10. The van der Waals surface area contributed by atoms with Crippen molar-refractivity contribution in [2.75, 3.05) is 13.2 Å². The summed E-state index contributed by atoms with van der Waals surface area (Å²) in [6, 6.07) is 14.7. The summed E-state index contributed by atoms with van der Waals surface area (Å²) >= 11 is 1.73. The van der Waals surface area contributed by atoms with E-state index in [1.54, 1.807) is 11.8 Å². The summed E-state index contributed by atoms with van der Waals surface area (Å²) in [5, 5.41) is 11.0. The van der Waals surface area contributed by atoms with E-state index < -0.39 is 0 Å². The molecule has 2 aromatic carbocycles. The molecule has 0 atom stereocenters. The maximum atomic E-state index is 6.25. The molecule has 0 heterocycles. The molecular weight excluding hydrogens is 344 g/mol. The average Bonchev–Trinajstić information content (AvgIpc) is 2.67. The predicted molar refractivity (Wildman–Crippen MR) is 105 cm³/mol. The number of nitrogens with one attached hydrogen (secondary N) is 1. The van der Waals surface area contributed by atoms with Gasteiger partial charge in [-0.25, -0.2) is 0 Å². The number of hydrogen-bond donors (Lipinski definition) is 1. The minimum Gasteiger partial charge on any atom is -0.494 e. The average molecular weight is 374 g/mol. The maximum Gasteiger partial charge on any atom is 0.212 e. The third-order valence-electron chi connectivity index (χ3n) is 3.69. The summed E-state index contributed by atoms with van der Waals surface area (Å²) in [7, 11) is 0. The molecule has 2 aromatic rings. The summed E-state index contributed by atoms with van der Waals surface area (Å²) in [4.78, 5) is 2.33. The zero-order valence-electron chi connectivity index (χ0n) is 16.0. The van der Waals surface area contributed by atoms with Crippen LogP contribution in [0.3, 0.4) is 0 Å². The lowest BCUT2D eigenvalue weighted by Crippen LogP contribution is -2.11. The van der Waals surface area contributed by atoms with Gasteiger partial charge in [-0.3, -0.25) is 0 Å². The second-order valence-electron chi connectivity index (χ2n) is 5.93. The van der Waals surface area contributed by atoms with E-state index in [9.17, 15) is 0 Å². The number of rotatable bonds is 10. The molecule has 0 fully saturated rings. The lowest BCUT2D eigenvalue weighted by Gasteiger charge is -2.13. The van der Waals surface area contributed by atoms with Crippen molar-refractivity contribution >= 4 is 11.8 Å². The number of ether oxygens (including phenoxy) is 2. The SMILES string of the molecule is CCCCOc1ccc(OCCCC)c(Sc2ccc(C)cc2)c1.N#[NH+]. The molecule has 0 aliphatic heterocycles. The van der Waals surface area contributed by atoms with E-state index in [2.05, 4.69) is 51.1 Å². The van der Waals surface area contributed by atoms with Crippen LogP contribution >= 0.6 is 11.8 Å². The van der Waals surface area contributed by atoms with Crippen molar-refractivity contribution in [3.63, 3.8) is 0 Å². The van der Waals surface area contributed by atoms with Gasteiger partial charge in [-0.2, -0.15) is 0 Å². The van der Waals surface area contributed by atoms with Gasteiger partial charge in [0, 0.05) is 4.90 Å². The number of aryl methyl sites for hydroxylation is 1. The molecule has 1 N–H and O–H groups in total. The summed E-state index contributed by atoms with van der Waals surface area (Å²) < 4.78 is 11.8. The Morgan fingerprint density at radius 3 is 2.12 bits per heavy atom. The molecule has 0 unspecified atom stereocenters. The Hall–Kier alpha value is -2.19. The maximum absolute atomic E-state index is 6.25. The lowest BCUT2D eigenvalue weighted by molar-refractivity contribution is -0.175. The fourth-order valence-electron chi connectivity index (χ4n) is 2.17. The van der Waals surface area contributed by atoms with Gasteiger partial charge in [0.1, 0.15) is 11.5 Å². The van der Waals surface area contributed by atoms with E-state index in [-0.39, 0.29) is 0 Å². The molecule has 5 heteroatoms. The second-order valence-corrected chi connectivity index (χ2v) is 7.04. The Kier molecular flexibility index (Phi) is 11.0. The van der Waals surface area contributed by atoms with E-state index in [0.717, 1.165) is 55.3 Å². The molecule has 2 rings (SSSR count). The van der Waals surface area contributed by atoms with E-state index in [1.165, 1.54) is 10.5 Å². The highest BCUT2D eigenvalue weighted by molar-refractivity contribution is 7.99. The number of diazo groups is 1. The fraction of sp³-hybridized carbons (Fsp3) is 0.429. The first-order valence-electron chi connectivity index (χ1n) is 9.09. The van der Waals surface area contributed by atoms with Crippen molar-refractivity contribution in [3.05, 3.63) is 48.0 Å². The van der Waals surface area contributed by atoms with E-state index in [0.29, 0.717) is 0 Å². The minimum atomic E-state index is 0.758. The first kappa shape index (κ1) is 21.9. The van der Waals surface area contributed by atoms with Gasteiger partial charge < -0.3 is 9.47 Å².